The van der Waals surface area contributed by atoms with Crippen molar-refractivity contribution in [3.05, 3.63) is 119 Å². The molecule has 0 unspecified atom stereocenters. The van der Waals surface area contributed by atoms with E-state index in [0.29, 0.717) is 29.9 Å². The van der Waals surface area contributed by atoms with Crippen LogP contribution >= 0.6 is 0 Å². The lowest BCUT2D eigenvalue weighted by molar-refractivity contribution is -0.130. The van der Waals surface area contributed by atoms with Gasteiger partial charge in [0.1, 0.15) is 0 Å². The highest BCUT2D eigenvalue weighted by atomic mass is 16.3. The highest BCUT2D eigenvalue weighted by molar-refractivity contribution is 5.96. The van der Waals surface area contributed by atoms with Crippen LogP contribution in [0.15, 0.2) is 119 Å². The van der Waals surface area contributed by atoms with Gasteiger partial charge in [-0.25, -0.2) is 0 Å². The first kappa shape index (κ1) is 37.1. The number of rotatable bonds is 11. The summed E-state index contributed by atoms with van der Waals surface area (Å²) in [6.07, 6.45) is 26.9. The summed E-state index contributed by atoms with van der Waals surface area (Å²) < 4.78 is 0. The summed E-state index contributed by atoms with van der Waals surface area (Å²) in [5, 5.41) is 31.5. The van der Waals surface area contributed by atoms with Gasteiger partial charge in [0.05, 0.1) is 17.8 Å². The molecular formula is C40H56O4. The van der Waals surface area contributed by atoms with E-state index in [4.69, 9.17) is 0 Å². The molecule has 2 aliphatic carbocycles. The molecule has 0 aliphatic heterocycles. The van der Waals surface area contributed by atoms with Crippen molar-refractivity contribution in [3.8, 4) is 0 Å². The van der Waals surface area contributed by atoms with E-state index in [0.717, 1.165) is 17.6 Å². The van der Waals surface area contributed by atoms with Gasteiger partial charge in [-0.05, 0) is 70.4 Å². The molecule has 4 nitrogen and oxygen atoms in total. The molecule has 4 heteroatoms. The van der Waals surface area contributed by atoms with E-state index in [9.17, 15) is 20.1 Å². The second kappa shape index (κ2) is 15.8. The first-order valence-corrected chi connectivity index (χ1v) is 15.8. The monoisotopic (exact) mass is 600 g/mol. The van der Waals surface area contributed by atoms with Crippen LogP contribution in [-0.2, 0) is 4.79 Å². The van der Waals surface area contributed by atoms with Crippen molar-refractivity contribution in [2.75, 3.05) is 0 Å². The van der Waals surface area contributed by atoms with Crippen LogP contribution in [0.1, 0.15) is 88.0 Å². The minimum atomic E-state index is -1.33. The number of ketones is 1. The summed E-state index contributed by atoms with van der Waals surface area (Å²) in [5.74, 6) is 0.198. The molecule has 1 saturated carbocycles. The van der Waals surface area contributed by atoms with Crippen LogP contribution < -0.4 is 0 Å². The molecule has 0 aromatic carbocycles. The van der Waals surface area contributed by atoms with Crippen molar-refractivity contribution in [2.24, 2.45) is 16.7 Å². The topological polar surface area (TPSA) is 77.8 Å². The number of hydrogen-bond donors (Lipinski definition) is 3. The Labute approximate surface area is 267 Å². The minimum absolute atomic E-state index is 0.0344. The van der Waals surface area contributed by atoms with Gasteiger partial charge in [-0.3, -0.25) is 4.79 Å². The SMILES string of the molecule is C=C1C[C@@H](O)CC(C)(C)[C@]1(O)CC(=O)C(C)=CC=CC(C)=CC=CC=C(C)C=CC=C(C)C=C[C@H]1C(C)=C[C@H](O)CC1(C)C. The molecule has 2 aliphatic rings. The Kier molecular flexibility index (Phi) is 13.3. The Morgan fingerprint density at radius 2 is 1.39 bits per heavy atom. The largest absolute Gasteiger partial charge is 0.393 e. The Morgan fingerprint density at radius 3 is 1.93 bits per heavy atom. The number of allylic oxidation sites excluding steroid dienone is 17. The Hall–Kier alpha value is -3.05. The van der Waals surface area contributed by atoms with Crippen molar-refractivity contribution in [3.63, 3.8) is 0 Å². The van der Waals surface area contributed by atoms with Crippen LogP contribution in [0.25, 0.3) is 0 Å². The molecule has 0 aromatic heterocycles. The number of aliphatic hydroxyl groups excluding tert-OH is 2. The number of hydrogen-bond acceptors (Lipinski definition) is 4. The van der Waals surface area contributed by atoms with Crippen molar-refractivity contribution in [1.29, 1.82) is 0 Å². The van der Waals surface area contributed by atoms with Crippen molar-refractivity contribution >= 4 is 5.78 Å². The fraction of sp³-hybridized carbons (Fsp3) is 0.475. The van der Waals surface area contributed by atoms with Crippen LogP contribution in [0.2, 0.25) is 0 Å². The highest BCUT2D eigenvalue weighted by Gasteiger charge is 2.51. The summed E-state index contributed by atoms with van der Waals surface area (Å²) in [7, 11) is 0. The lowest BCUT2D eigenvalue weighted by atomic mass is 9.60. The molecule has 0 amide bonds. The van der Waals surface area contributed by atoms with Crippen molar-refractivity contribution in [2.45, 2.75) is 106 Å². The molecule has 3 N–H and O–H groups in total. The maximum Gasteiger partial charge on any atom is 0.161 e. The van der Waals surface area contributed by atoms with Gasteiger partial charge < -0.3 is 15.3 Å². The number of Topliss-reactive ketones (excluding diaryl/α,β-unsaturated/α-hetero) is 1. The fourth-order valence-corrected chi connectivity index (χ4v) is 6.28. The summed E-state index contributed by atoms with van der Waals surface area (Å²) in [5.41, 5.74) is 3.75. The summed E-state index contributed by atoms with van der Waals surface area (Å²) >= 11 is 0. The van der Waals surface area contributed by atoms with E-state index in [2.05, 4.69) is 77.7 Å². The summed E-state index contributed by atoms with van der Waals surface area (Å²) in [6, 6.07) is 0. The zero-order valence-electron chi connectivity index (χ0n) is 28.5. The Balaban J connectivity index is 1.91. The molecule has 44 heavy (non-hydrogen) atoms. The van der Waals surface area contributed by atoms with Crippen molar-refractivity contribution < 1.29 is 20.1 Å². The predicted molar refractivity (Wildman–Crippen MR) is 186 cm³/mol. The van der Waals surface area contributed by atoms with Crippen molar-refractivity contribution in [1.82, 2.24) is 0 Å². The molecule has 2 rings (SSSR count). The maximum absolute atomic E-state index is 12.9. The molecular weight excluding hydrogens is 544 g/mol. The number of carbonyl (C=O) groups is 1. The maximum atomic E-state index is 12.9. The van der Waals surface area contributed by atoms with E-state index < -0.39 is 17.1 Å². The number of carbonyl (C=O) groups excluding carboxylic acids is 1. The molecule has 0 spiro atoms. The minimum Gasteiger partial charge on any atom is -0.393 e. The van der Waals surface area contributed by atoms with Gasteiger partial charge in [0, 0.05) is 17.8 Å². The van der Waals surface area contributed by atoms with Crippen LogP contribution in [0.3, 0.4) is 0 Å². The first-order valence-electron chi connectivity index (χ1n) is 15.8. The molecule has 240 valence electrons. The van der Waals surface area contributed by atoms with Gasteiger partial charge >= 0.3 is 0 Å². The molecule has 0 radical (unpaired) electrons. The molecule has 0 heterocycles. The summed E-state index contributed by atoms with van der Waals surface area (Å²) in [6.45, 7) is 22.2. The third-order valence-electron chi connectivity index (χ3n) is 9.12. The van der Waals surface area contributed by atoms with Gasteiger partial charge in [-0.2, -0.15) is 0 Å². The zero-order valence-corrected chi connectivity index (χ0v) is 28.5. The summed E-state index contributed by atoms with van der Waals surface area (Å²) in [4.78, 5) is 12.9. The molecule has 0 aromatic rings. The molecule has 0 bridgehead atoms. The molecule has 4 atom stereocenters. The Bertz CT molecular complexity index is 1330. The van der Waals surface area contributed by atoms with Crippen LogP contribution in [0.4, 0.5) is 0 Å². The average Bonchev–Trinajstić information content (AvgIpc) is 2.88. The predicted octanol–water partition coefficient (Wildman–Crippen LogP) is 8.78. The lowest BCUT2D eigenvalue weighted by Gasteiger charge is -2.49. The molecule has 0 saturated heterocycles. The second-order valence-corrected chi connectivity index (χ2v) is 14.2. The fourth-order valence-electron chi connectivity index (χ4n) is 6.28. The molecule has 1 fully saturated rings. The van der Waals surface area contributed by atoms with Gasteiger partial charge in [0.25, 0.3) is 0 Å². The standard InChI is InChI=1S/C40H56O4/c1-28(17-13-18-30(3)21-22-36-32(5)23-34(41)25-38(36,7)8)15-11-12-16-29(2)19-14-20-31(4)37(43)27-40(44)33(6)24-35(42)26-39(40,9)10/h11-23,34-36,41-42,44H,6,24-27H2,1-5,7-10H3/t34-,35+,36-,40-/m0/s1. The zero-order chi connectivity index (χ0) is 33.3. The van der Waals surface area contributed by atoms with E-state index in [-0.39, 0.29) is 23.7 Å². The van der Waals surface area contributed by atoms with E-state index in [1.165, 1.54) is 11.1 Å². The van der Waals surface area contributed by atoms with Crippen LogP contribution in [-0.4, -0.2) is 38.9 Å². The van der Waals surface area contributed by atoms with E-state index >= 15 is 0 Å². The quantitative estimate of drug-likeness (QED) is 0.126. The average molecular weight is 601 g/mol. The van der Waals surface area contributed by atoms with Gasteiger partial charge in [0.15, 0.2) is 5.78 Å². The lowest BCUT2D eigenvalue weighted by Crippen LogP contribution is -2.53. The van der Waals surface area contributed by atoms with E-state index in [1.54, 1.807) is 13.0 Å². The van der Waals surface area contributed by atoms with E-state index in [1.807, 2.05) is 57.2 Å². The van der Waals surface area contributed by atoms with Crippen LogP contribution in [0, 0.1) is 16.7 Å². The van der Waals surface area contributed by atoms with Gasteiger partial charge in [0.2, 0.25) is 0 Å². The van der Waals surface area contributed by atoms with Gasteiger partial charge in [-0.1, -0.05) is 136 Å². The third kappa shape index (κ3) is 10.5. The Morgan fingerprint density at radius 1 is 0.864 bits per heavy atom. The highest BCUT2D eigenvalue weighted by Crippen LogP contribution is 2.48. The van der Waals surface area contributed by atoms with Crippen LogP contribution in [0.5, 0.6) is 0 Å². The first-order chi connectivity index (χ1) is 20.4. The smallest absolute Gasteiger partial charge is 0.161 e. The normalized spacial score (nSPS) is 29.0. The third-order valence-corrected chi connectivity index (χ3v) is 9.12. The second-order valence-electron chi connectivity index (χ2n) is 14.2. The van der Waals surface area contributed by atoms with Gasteiger partial charge in [-0.15, -0.1) is 0 Å². The number of aliphatic hydroxyl groups is 3.